The van der Waals surface area contributed by atoms with Crippen LogP contribution in [0.4, 0.5) is 0 Å². The van der Waals surface area contributed by atoms with Gasteiger partial charge in [0.1, 0.15) is 5.78 Å². The Morgan fingerprint density at radius 3 is 2.92 bits per heavy atom. The van der Waals surface area contributed by atoms with Gasteiger partial charge in [0.05, 0.1) is 15.8 Å². The van der Waals surface area contributed by atoms with Gasteiger partial charge in [-0.15, -0.1) is 0 Å². The second kappa shape index (κ2) is 4.02. The van der Waals surface area contributed by atoms with Crippen LogP contribution in [0.5, 0.6) is 0 Å². The van der Waals surface area contributed by atoms with Gasteiger partial charge in [-0.1, -0.05) is 0 Å². The molecule has 0 fully saturated rings. The quantitative estimate of drug-likeness (QED) is 0.793. The number of hydrogen-bond acceptors (Lipinski definition) is 2. The molecule has 4 heteroatoms. The minimum absolute atomic E-state index is 0.172. The summed E-state index contributed by atoms with van der Waals surface area (Å²) in [4.78, 5) is 10.8. The van der Waals surface area contributed by atoms with Crippen molar-refractivity contribution in [3.8, 4) is 0 Å². The summed E-state index contributed by atoms with van der Waals surface area (Å²) in [6.07, 6.45) is 4.28. The zero-order chi connectivity index (χ0) is 9.14. The summed E-state index contributed by atoms with van der Waals surface area (Å²) >= 11 is 2.20. The Morgan fingerprint density at radius 1 is 1.83 bits per heavy atom. The molecule has 12 heavy (non-hydrogen) atoms. The lowest BCUT2D eigenvalue weighted by Crippen LogP contribution is -2.09. The fraction of sp³-hybridized carbons (Fsp3) is 0.500. The van der Waals surface area contributed by atoms with Gasteiger partial charge in [-0.2, -0.15) is 5.10 Å². The smallest absolute Gasteiger partial charge is 0.131 e. The van der Waals surface area contributed by atoms with Crippen LogP contribution < -0.4 is 0 Å². The first kappa shape index (κ1) is 9.70. The lowest BCUT2D eigenvalue weighted by molar-refractivity contribution is -0.117. The lowest BCUT2D eigenvalue weighted by atomic mass is 10.2. The van der Waals surface area contributed by atoms with Crippen molar-refractivity contribution in [3.05, 3.63) is 16.0 Å². The van der Waals surface area contributed by atoms with E-state index in [0.29, 0.717) is 6.42 Å². The summed E-state index contributed by atoms with van der Waals surface area (Å²) in [5.41, 5.74) is 0. The molecule has 1 aromatic heterocycles. The van der Waals surface area contributed by atoms with Gasteiger partial charge in [-0.3, -0.25) is 9.48 Å². The average Bonchev–Trinajstić information content (AvgIpc) is 2.34. The van der Waals surface area contributed by atoms with Crippen molar-refractivity contribution in [2.45, 2.75) is 26.3 Å². The molecule has 0 spiro atoms. The molecule has 0 amide bonds. The SMILES string of the molecule is CC(=O)CC(C)n1cc(I)cn1. The second-order valence-corrected chi connectivity index (χ2v) is 4.14. The third-order valence-electron chi connectivity index (χ3n) is 1.60. The number of ketones is 1. The summed E-state index contributed by atoms with van der Waals surface area (Å²) in [6.45, 7) is 3.59. The van der Waals surface area contributed by atoms with Crippen molar-refractivity contribution in [2.75, 3.05) is 0 Å². The van der Waals surface area contributed by atoms with E-state index in [0.717, 1.165) is 3.57 Å². The maximum atomic E-state index is 10.8. The second-order valence-electron chi connectivity index (χ2n) is 2.89. The predicted molar refractivity (Wildman–Crippen MR) is 55.0 cm³/mol. The van der Waals surface area contributed by atoms with E-state index >= 15 is 0 Å². The van der Waals surface area contributed by atoms with Gasteiger partial charge in [0.15, 0.2) is 0 Å². The first-order valence-electron chi connectivity index (χ1n) is 3.78. The molecule has 0 aliphatic rings. The molecule has 1 unspecified atom stereocenters. The van der Waals surface area contributed by atoms with E-state index in [1.165, 1.54) is 0 Å². The van der Waals surface area contributed by atoms with Crippen molar-refractivity contribution in [3.63, 3.8) is 0 Å². The van der Waals surface area contributed by atoms with Crippen molar-refractivity contribution in [1.29, 1.82) is 0 Å². The van der Waals surface area contributed by atoms with Crippen LogP contribution in [-0.4, -0.2) is 15.6 Å². The molecule has 1 heterocycles. The summed E-state index contributed by atoms with van der Waals surface area (Å²) in [5.74, 6) is 0.202. The maximum Gasteiger partial charge on any atom is 0.131 e. The van der Waals surface area contributed by atoms with Crippen LogP contribution in [0.25, 0.3) is 0 Å². The lowest BCUT2D eigenvalue weighted by Gasteiger charge is -2.08. The van der Waals surface area contributed by atoms with Crippen molar-refractivity contribution >= 4 is 28.4 Å². The van der Waals surface area contributed by atoms with Gasteiger partial charge in [0.2, 0.25) is 0 Å². The number of carbonyl (C=O) groups is 1. The van der Waals surface area contributed by atoms with E-state index in [4.69, 9.17) is 0 Å². The third kappa shape index (κ3) is 2.58. The first-order valence-corrected chi connectivity index (χ1v) is 4.86. The molecule has 0 N–H and O–H groups in total. The Labute approximate surface area is 85.3 Å². The van der Waals surface area contributed by atoms with Crippen LogP contribution >= 0.6 is 22.6 Å². The van der Waals surface area contributed by atoms with Crippen molar-refractivity contribution in [2.24, 2.45) is 0 Å². The zero-order valence-corrected chi connectivity index (χ0v) is 9.28. The maximum absolute atomic E-state index is 10.8. The van der Waals surface area contributed by atoms with E-state index < -0.39 is 0 Å². The number of hydrogen-bond donors (Lipinski definition) is 0. The van der Waals surface area contributed by atoms with Crippen LogP contribution in [0, 0.1) is 3.57 Å². The molecule has 0 radical (unpaired) electrons. The summed E-state index contributed by atoms with van der Waals surface area (Å²) in [6, 6.07) is 0.172. The summed E-state index contributed by atoms with van der Waals surface area (Å²) < 4.78 is 2.92. The summed E-state index contributed by atoms with van der Waals surface area (Å²) in [5, 5.41) is 4.13. The number of rotatable bonds is 3. The molecule has 1 atom stereocenters. The van der Waals surface area contributed by atoms with Gasteiger partial charge in [-0.25, -0.2) is 0 Å². The predicted octanol–water partition coefficient (Wildman–Crippen LogP) is 2.03. The Hall–Kier alpha value is -0.390. The fourth-order valence-corrected chi connectivity index (χ4v) is 1.48. The molecule has 66 valence electrons. The Morgan fingerprint density at radius 2 is 2.50 bits per heavy atom. The number of carbonyl (C=O) groups excluding carboxylic acids is 1. The topological polar surface area (TPSA) is 34.9 Å². The van der Waals surface area contributed by atoms with E-state index in [-0.39, 0.29) is 11.8 Å². The van der Waals surface area contributed by atoms with Crippen LogP contribution in [0.3, 0.4) is 0 Å². The molecule has 0 bridgehead atoms. The summed E-state index contributed by atoms with van der Waals surface area (Å²) in [7, 11) is 0. The molecule has 0 saturated carbocycles. The Bertz CT molecular complexity index is 282. The monoisotopic (exact) mass is 278 g/mol. The largest absolute Gasteiger partial charge is 0.300 e. The van der Waals surface area contributed by atoms with Crippen molar-refractivity contribution in [1.82, 2.24) is 9.78 Å². The molecular weight excluding hydrogens is 267 g/mol. The normalized spacial score (nSPS) is 12.9. The molecule has 0 aliphatic heterocycles. The first-order chi connectivity index (χ1) is 5.59. The van der Waals surface area contributed by atoms with Crippen LogP contribution in [0.2, 0.25) is 0 Å². The molecule has 1 rings (SSSR count). The average molecular weight is 278 g/mol. The van der Waals surface area contributed by atoms with Crippen LogP contribution in [0.1, 0.15) is 26.3 Å². The standard InChI is InChI=1S/C8H11IN2O/c1-6(3-7(2)12)11-5-8(9)4-10-11/h4-6H,3H2,1-2H3. The van der Waals surface area contributed by atoms with Gasteiger partial charge >= 0.3 is 0 Å². The van der Waals surface area contributed by atoms with E-state index in [1.807, 2.05) is 17.8 Å². The fourth-order valence-electron chi connectivity index (χ4n) is 1.07. The van der Waals surface area contributed by atoms with E-state index in [9.17, 15) is 4.79 Å². The third-order valence-corrected chi connectivity index (χ3v) is 2.16. The highest BCUT2D eigenvalue weighted by molar-refractivity contribution is 14.1. The molecule has 1 aromatic rings. The van der Waals surface area contributed by atoms with Gasteiger partial charge in [-0.05, 0) is 36.4 Å². The number of aromatic nitrogens is 2. The van der Waals surface area contributed by atoms with Crippen molar-refractivity contribution < 1.29 is 4.79 Å². The number of halogens is 1. The highest BCUT2D eigenvalue weighted by Crippen LogP contribution is 2.11. The minimum Gasteiger partial charge on any atom is -0.300 e. The highest BCUT2D eigenvalue weighted by atomic mass is 127. The minimum atomic E-state index is 0.172. The number of Topliss-reactive ketones (excluding diaryl/α,β-unsaturated/α-hetero) is 1. The molecular formula is C8H11IN2O. The Kier molecular flexibility index (Phi) is 3.25. The van der Waals surface area contributed by atoms with Gasteiger partial charge < -0.3 is 0 Å². The van der Waals surface area contributed by atoms with E-state index in [2.05, 4.69) is 27.7 Å². The molecule has 0 saturated heterocycles. The highest BCUT2D eigenvalue weighted by Gasteiger charge is 2.07. The number of nitrogens with zero attached hydrogens (tertiary/aromatic N) is 2. The molecule has 3 nitrogen and oxygen atoms in total. The molecule has 0 aromatic carbocycles. The van der Waals surface area contributed by atoms with Crippen LogP contribution in [-0.2, 0) is 4.79 Å². The van der Waals surface area contributed by atoms with Crippen LogP contribution in [0.15, 0.2) is 12.4 Å². The zero-order valence-electron chi connectivity index (χ0n) is 7.12. The molecule has 0 aliphatic carbocycles. The Balaban J connectivity index is 2.64. The van der Waals surface area contributed by atoms with E-state index in [1.54, 1.807) is 13.1 Å². The van der Waals surface area contributed by atoms with Gasteiger partial charge in [0.25, 0.3) is 0 Å². The van der Waals surface area contributed by atoms with Gasteiger partial charge in [0, 0.05) is 12.6 Å².